The maximum atomic E-state index is 14.6. The van der Waals surface area contributed by atoms with Crippen LogP contribution < -0.4 is 10.1 Å². The molecule has 3 atom stereocenters. The van der Waals surface area contributed by atoms with Gasteiger partial charge in [0.1, 0.15) is 29.7 Å². The van der Waals surface area contributed by atoms with Crippen molar-refractivity contribution in [3.8, 4) is 34.2 Å². The number of aromatic nitrogens is 2. The molecule has 0 spiro atoms. The van der Waals surface area contributed by atoms with Gasteiger partial charge in [-0.1, -0.05) is 12.1 Å². The standard InChI is InChI=1S/C30H31F2N5O4/c1-30(2,3)41-29(39)37-20-8-9-25(37)24(13-20)34-27(38)16-36-15-21(17-7-10-26(40-4)23(32)11-17)28(35-36)18-5-6-19(14-33)22(31)12-18/h5-7,10-12,15,20,24-25H,8-9,13,16H2,1-4H3,(H,34,38). The Labute approximate surface area is 236 Å². The van der Waals surface area contributed by atoms with Crippen molar-refractivity contribution in [1.29, 1.82) is 5.26 Å². The van der Waals surface area contributed by atoms with Gasteiger partial charge in [-0.15, -0.1) is 0 Å². The predicted octanol–water partition coefficient (Wildman–Crippen LogP) is 5.03. The summed E-state index contributed by atoms with van der Waals surface area (Å²) in [6, 6.07) is 9.93. The molecule has 2 saturated heterocycles. The zero-order valence-electron chi connectivity index (χ0n) is 23.3. The number of hydrogen-bond donors (Lipinski definition) is 1. The van der Waals surface area contributed by atoms with E-state index in [1.54, 1.807) is 29.3 Å². The van der Waals surface area contributed by atoms with Gasteiger partial charge in [-0.2, -0.15) is 10.4 Å². The van der Waals surface area contributed by atoms with Gasteiger partial charge in [0.05, 0.1) is 24.8 Å². The van der Waals surface area contributed by atoms with Gasteiger partial charge in [-0.05, 0) is 69.9 Å². The number of nitriles is 1. The highest BCUT2D eigenvalue weighted by Crippen LogP contribution is 2.39. The molecule has 41 heavy (non-hydrogen) atoms. The Balaban J connectivity index is 1.38. The van der Waals surface area contributed by atoms with Crippen LogP contribution in [0.4, 0.5) is 13.6 Å². The SMILES string of the molecule is COc1ccc(-c2cn(CC(=O)NC3CC4CCC3N4C(=O)OC(C)(C)C)nc2-c2ccc(C#N)c(F)c2)cc1F. The van der Waals surface area contributed by atoms with E-state index in [0.29, 0.717) is 28.8 Å². The number of nitrogens with zero attached hydrogens (tertiary/aromatic N) is 4. The lowest BCUT2D eigenvalue weighted by Gasteiger charge is -2.28. The molecule has 3 unspecified atom stereocenters. The molecular weight excluding hydrogens is 532 g/mol. The van der Waals surface area contributed by atoms with Crippen molar-refractivity contribution in [2.24, 2.45) is 0 Å². The number of fused-ring (bicyclic) bond motifs is 2. The third-order valence-electron chi connectivity index (χ3n) is 7.38. The third kappa shape index (κ3) is 5.73. The minimum absolute atomic E-state index is 0.0132. The maximum absolute atomic E-state index is 14.6. The summed E-state index contributed by atoms with van der Waals surface area (Å²) in [4.78, 5) is 27.7. The lowest BCUT2D eigenvalue weighted by atomic mass is 9.95. The number of benzene rings is 2. The highest BCUT2D eigenvalue weighted by Gasteiger charge is 2.50. The van der Waals surface area contributed by atoms with Crippen LogP contribution in [0, 0.1) is 23.0 Å². The first kappa shape index (κ1) is 28.1. The normalized spacial score (nSPS) is 19.6. The fraction of sp³-hybridized carbons (Fsp3) is 0.400. The first-order valence-electron chi connectivity index (χ1n) is 13.4. The Morgan fingerprint density at radius 2 is 1.85 bits per heavy atom. The molecule has 2 fully saturated rings. The third-order valence-corrected chi connectivity index (χ3v) is 7.38. The van der Waals surface area contributed by atoms with E-state index in [2.05, 4.69) is 10.4 Å². The molecule has 2 aliphatic rings. The average Bonchev–Trinajstić information content (AvgIpc) is 3.60. The zero-order chi connectivity index (χ0) is 29.5. The number of carbonyl (C=O) groups excluding carboxylic acids is 2. The van der Waals surface area contributed by atoms with E-state index in [-0.39, 0.29) is 48.0 Å². The van der Waals surface area contributed by atoms with Crippen LogP contribution in [-0.4, -0.2) is 57.5 Å². The number of amides is 2. The van der Waals surface area contributed by atoms with Crippen molar-refractivity contribution in [2.75, 3.05) is 7.11 Å². The molecule has 0 aliphatic carbocycles. The first-order valence-corrected chi connectivity index (χ1v) is 13.4. The Bertz CT molecular complexity index is 1540. The van der Waals surface area contributed by atoms with E-state index in [9.17, 15) is 18.4 Å². The minimum Gasteiger partial charge on any atom is -0.494 e. The van der Waals surface area contributed by atoms with Gasteiger partial charge in [0, 0.05) is 23.4 Å². The molecule has 5 rings (SSSR count). The Hall–Kier alpha value is -4.46. The number of carbonyl (C=O) groups is 2. The van der Waals surface area contributed by atoms with Crippen LogP contribution in [0.2, 0.25) is 0 Å². The molecule has 3 heterocycles. The van der Waals surface area contributed by atoms with E-state index >= 15 is 0 Å². The molecule has 2 aromatic carbocycles. The van der Waals surface area contributed by atoms with Crippen LogP contribution in [0.1, 0.15) is 45.6 Å². The van der Waals surface area contributed by atoms with Crippen molar-refractivity contribution in [1.82, 2.24) is 20.0 Å². The Morgan fingerprint density at radius 1 is 1.12 bits per heavy atom. The van der Waals surface area contributed by atoms with Crippen LogP contribution >= 0.6 is 0 Å². The molecule has 2 amide bonds. The summed E-state index contributed by atoms with van der Waals surface area (Å²) in [5, 5.41) is 16.7. The van der Waals surface area contributed by atoms with Crippen molar-refractivity contribution < 1.29 is 27.8 Å². The predicted molar refractivity (Wildman–Crippen MR) is 146 cm³/mol. The van der Waals surface area contributed by atoms with E-state index < -0.39 is 17.2 Å². The molecule has 3 aromatic rings. The largest absolute Gasteiger partial charge is 0.494 e. The molecule has 0 saturated carbocycles. The van der Waals surface area contributed by atoms with Gasteiger partial charge >= 0.3 is 6.09 Å². The summed E-state index contributed by atoms with van der Waals surface area (Å²) in [5.74, 6) is -1.54. The Kier molecular flexibility index (Phi) is 7.43. The number of ether oxygens (including phenoxy) is 2. The topological polar surface area (TPSA) is 109 Å². The zero-order valence-corrected chi connectivity index (χ0v) is 23.3. The Morgan fingerprint density at radius 3 is 2.51 bits per heavy atom. The number of rotatable bonds is 6. The number of hydrogen-bond acceptors (Lipinski definition) is 6. The molecule has 214 valence electrons. The smallest absolute Gasteiger partial charge is 0.410 e. The molecular formula is C30H31F2N5O4. The van der Waals surface area contributed by atoms with Gasteiger partial charge in [-0.25, -0.2) is 13.6 Å². The van der Waals surface area contributed by atoms with Gasteiger partial charge in [0.15, 0.2) is 11.6 Å². The lowest BCUT2D eigenvalue weighted by molar-refractivity contribution is -0.122. The molecule has 1 aromatic heterocycles. The number of methoxy groups -OCH3 is 1. The summed E-state index contributed by atoms with van der Waals surface area (Å²) in [6.45, 7) is 5.31. The summed E-state index contributed by atoms with van der Waals surface area (Å²) in [7, 11) is 1.36. The summed E-state index contributed by atoms with van der Waals surface area (Å²) in [6.07, 6.45) is 3.51. The van der Waals surface area contributed by atoms with Crippen LogP contribution in [-0.2, 0) is 16.1 Å². The monoisotopic (exact) mass is 563 g/mol. The van der Waals surface area contributed by atoms with Crippen LogP contribution in [0.5, 0.6) is 5.75 Å². The highest BCUT2D eigenvalue weighted by molar-refractivity contribution is 5.82. The van der Waals surface area contributed by atoms with E-state index in [0.717, 1.165) is 12.8 Å². The van der Waals surface area contributed by atoms with Gasteiger partial charge in [-0.3, -0.25) is 9.48 Å². The average molecular weight is 564 g/mol. The van der Waals surface area contributed by atoms with Gasteiger partial charge in [0.25, 0.3) is 0 Å². The van der Waals surface area contributed by atoms with Gasteiger partial charge in [0.2, 0.25) is 5.91 Å². The quantitative estimate of drug-likeness (QED) is 0.451. The highest BCUT2D eigenvalue weighted by atomic mass is 19.1. The summed E-state index contributed by atoms with van der Waals surface area (Å²) >= 11 is 0. The van der Waals surface area contributed by atoms with E-state index in [4.69, 9.17) is 14.7 Å². The van der Waals surface area contributed by atoms with Crippen molar-refractivity contribution in [3.05, 3.63) is 59.8 Å². The fourth-order valence-corrected chi connectivity index (χ4v) is 5.66. The molecule has 2 aliphatic heterocycles. The number of halogens is 2. The molecule has 1 N–H and O–H groups in total. The van der Waals surface area contributed by atoms with E-state index in [1.807, 2.05) is 20.8 Å². The fourth-order valence-electron chi connectivity index (χ4n) is 5.66. The summed E-state index contributed by atoms with van der Waals surface area (Å²) < 4.78 is 41.1. The van der Waals surface area contributed by atoms with Crippen molar-refractivity contribution in [3.63, 3.8) is 0 Å². The first-order chi connectivity index (χ1) is 19.5. The second-order valence-corrected chi connectivity index (χ2v) is 11.3. The van der Waals surface area contributed by atoms with E-state index in [1.165, 1.54) is 36.1 Å². The molecule has 11 heteroatoms. The number of nitrogens with one attached hydrogen (secondary N) is 1. The minimum atomic E-state index is -0.713. The molecule has 2 bridgehead atoms. The second-order valence-electron chi connectivity index (χ2n) is 11.3. The molecule has 0 radical (unpaired) electrons. The molecule has 9 nitrogen and oxygen atoms in total. The van der Waals surface area contributed by atoms with Crippen molar-refractivity contribution >= 4 is 12.0 Å². The second kappa shape index (κ2) is 10.8. The van der Waals surface area contributed by atoms with Crippen LogP contribution in [0.25, 0.3) is 22.4 Å². The van der Waals surface area contributed by atoms with Gasteiger partial charge < -0.3 is 19.7 Å². The van der Waals surface area contributed by atoms with Crippen LogP contribution in [0.15, 0.2) is 42.6 Å². The van der Waals surface area contributed by atoms with Crippen molar-refractivity contribution in [2.45, 2.75) is 70.3 Å². The summed E-state index contributed by atoms with van der Waals surface area (Å²) in [5.41, 5.74) is 0.888. The van der Waals surface area contributed by atoms with Crippen LogP contribution in [0.3, 0.4) is 0 Å². The maximum Gasteiger partial charge on any atom is 0.410 e. The lowest BCUT2D eigenvalue weighted by Crippen LogP contribution is -2.47.